The molecular formula is C16H25ClN2. The first-order chi connectivity index (χ1) is 8.86. The third-order valence-corrected chi connectivity index (χ3v) is 4.41. The molecule has 0 amide bonds. The Balaban J connectivity index is 0.00000133. The Morgan fingerprint density at radius 2 is 2.00 bits per heavy atom. The van der Waals surface area contributed by atoms with Gasteiger partial charge in [-0.05, 0) is 49.3 Å². The zero-order valence-corrected chi connectivity index (χ0v) is 12.4. The van der Waals surface area contributed by atoms with E-state index >= 15 is 0 Å². The quantitative estimate of drug-likeness (QED) is 0.917. The summed E-state index contributed by atoms with van der Waals surface area (Å²) in [4.78, 5) is 2.58. The van der Waals surface area contributed by atoms with Gasteiger partial charge in [0.05, 0.1) is 0 Å². The van der Waals surface area contributed by atoms with E-state index in [2.05, 4.69) is 29.2 Å². The summed E-state index contributed by atoms with van der Waals surface area (Å²) in [6.07, 6.45) is 6.73. The van der Waals surface area contributed by atoms with Crippen LogP contribution in [0.15, 0.2) is 24.3 Å². The Morgan fingerprint density at radius 1 is 1.16 bits per heavy atom. The lowest BCUT2D eigenvalue weighted by Crippen LogP contribution is -2.43. The molecule has 1 unspecified atom stereocenters. The van der Waals surface area contributed by atoms with Gasteiger partial charge in [-0.15, -0.1) is 12.4 Å². The van der Waals surface area contributed by atoms with Gasteiger partial charge in [-0.3, -0.25) is 4.90 Å². The standard InChI is InChI=1S/C16H24N2.ClH/c17-11-16-6-1-2-9-18(16)12-13-4-3-5-15(10-13)14-7-8-14;/h3-5,10,14,16H,1-2,6-9,11-12,17H2;1H. The molecule has 1 atom stereocenters. The van der Waals surface area contributed by atoms with Crippen molar-refractivity contribution in [2.24, 2.45) is 5.73 Å². The minimum atomic E-state index is 0. The third kappa shape index (κ3) is 3.71. The van der Waals surface area contributed by atoms with E-state index in [4.69, 9.17) is 5.73 Å². The van der Waals surface area contributed by atoms with E-state index in [1.54, 1.807) is 5.56 Å². The maximum Gasteiger partial charge on any atom is 0.0237 e. The molecule has 3 heteroatoms. The summed E-state index contributed by atoms with van der Waals surface area (Å²) in [5.74, 6) is 0.858. The molecule has 0 radical (unpaired) electrons. The fourth-order valence-corrected chi connectivity index (χ4v) is 3.13. The molecule has 2 fully saturated rings. The van der Waals surface area contributed by atoms with E-state index in [1.165, 1.54) is 44.2 Å². The van der Waals surface area contributed by atoms with Gasteiger partial charge in [-0.2, -0.15) is 0 Å². The number of piperidine rings is 1. The molecule has 1 saturated heterocycles. The second-order valence-corrected chi connectivity index (χ2v) is 5.88. The molecule has 106 valence electrons. The van der Waals surface area contributed by atoms with Crippen LogP contribution >= 0.6 is 12.4 Å². The van der Waals surface area contributed by atoms with Crippen LogP contribution in [-0.2, 0) is 6.54 Å². The van der Waals surface area contributed by atoms with Crippen LogP contribution in [0.3, 0.4) is 0 Å². The van der Waals surface area contributed by atoms with Gasteiger partial charge in [0, 0.05) is 19.1 Å². The van der Waals surface area contributed by atoms with Gasteiger partial charge in [0.2, 0.25) is 0 Å². The Labute approximate surface area is 122 Å². The number of hydrogen-bond acceptors (Lipinski definition) is 2. The summed E-state index contributed by atoms with van der Waals surface area (Å²) >= 11 is 0. The van der Waals surface area contributed by atoms with Crippen molar-refractivity contribution in [2.45, 2.75) is 50.6 Å². The predicted molar refractivity (Wildman–Crippen MR) is 82.8 cm³/mol. The van der Waals surface area contributed by atoms with Crippen molar-refractivity contribution in [3.05, 3.63) is 35.4 Å². The van der Waals surface area contributed by atoms with Crippen LogP contribution in [-0.4, -0.2) is 24.0 Å². The number of likely N-dealkylation sites (tertiary alicyclic amines) is 1. The summed E-state index contributed by atoms with van der Waals surface area (Å²) in [6, 6.07) is 9.80. The summed E-state index contributed by atoms with van der Waals surface area (Å²) in [5.41, 5.74) is 8.92. The number of nitrogens with two attached hydrogens (primary N) is 1. The summed E-state index contributed by atoms with van der Waals surface area (Å²) in [5, 5.41) is 0. The minimum Gasteiger partial charge on any atom is -0.329 e. The van der Waals surface area contributed by atoms with Gasteiger partial charge in [0.1, 0.15) is 0 Å². The number of nitrogens with zero attached hydrogens (tertiary/aromatic N) is 1. The zero-order chi connectivity index (χ0) is 12.4. The molecule has 3 rings (SSSR count). The highest BCUT2D eigenvalue weighted by atomic mass is 35.5. The van der Waals surface area contributed by atoms with Gasteiger partial charge in [0.15, 0.2) is 0 Å². The van der Waals surface area contributed by atoms with Crippen molar-refractivity contribution in [1.29, 1.82) is 0 Å². The molecule has 2 nitrogen and oxygen atoms in total. The monoisotopic (exact) mass is 280 g/mol. The Hall–Kier alpha value is -0.570. The van der Waals surface area contributed by atoms with E-state index in [0.717, 1.165) is 19.0 Å². The summed E-state index contributed by atoms with van der Waals surface area (Å²) < 4.78 is 0. The van der Waals surface area contributed by atoms with Crippen LogP contribution in [0.1, 0.15) is 49.1 Å². The fraction of sp³-hybridized carbons (Fsp3) is 0.625. The molecule has 1 heterocycles. The molecule has 0 bridgehead atoms. The maximum absolute atomic E-state index is 5.89. The molecule has 1 aromatic rings. The van der Waals surface area contributed by atoms with E-state index in [9.17, 15) is 0 Å². The Bertz CT molecular complexity index is 403. The number of halogens is 1. The van der Waals surface area contributed by atoms with Gasteiger partial charge < -0.3 is 5.73 Å². The number of hydrogen-bond donors (Lipinski definition) is 1. The van der Waals surface area contributed by atoms with Crippen LogP contribution in [0.25, 0.3) is 0 Å². The molecule has 2 N–H and O–H groups in total. The molecule has 1 aliphatic heterocycles. The third-order valence-electron chi connectivity index (χ3n) is 4.41. The molecule has 1 aromatic carbocycles. The highest BCUT2D eigenvalue weighted by Gasteiger charge is 2.24. The second kappa shape index (κ2) is 6.74. The minimum absolute atomic E-state index is 0. The predicted octanol–water partition coefficient (Wildman–Crippen LogP) is 3.30. The van der Waals surface area contributed by atoms with Crippen molar-refractivity contribution in [2.75, 3.05) is 13.1 Å². The summed E-state index contributed by atoms with van der Waals surface area (Å²) in [7, 11) is 0. The lowest BCUT2D eigenvalue weighted by molar-refractivity contribution is 0.145. The Morgan fingerprint density at radius 3 is 2.74 bits per heavy atom. The molecule has 19 heavy (non-hydrogen) atoms. The first-order valence-corrected chi connectivity index (χ1v) is 7.40. The van der Waals surface area contributed by atoms with E-state index in [0.29, 0.717) is 6.04 Å². The van der Waals surface area contributed by atoms with Crippen LogP contribution in [0, 0.1) is 0 Å². The molecule has 0 aromatic heterocycles. The van der Waals surface area contributed by atoms with Crippen molar-refractivity contribution in [1.82, 2.24) is 4.90 Å². The van der Waals surface area contributed by atoms with Gasteiger partial charge in [-0.1, -0.05) is 30.7 Å². The molecule has 2 aliphatic rings. The van der Waals surface area contributed by atoms with Crippen LogP contribution in [0.2, 0.25) is 0 Å². The number of benzene rings is 1. The zero-order valence-electron chi connectivity index (χ0n) is 11.6. The average Bonchev–Trinajstić information content (AvgIpc) is 3.24. The van der Waals surface area contributed by atoms with E-state index in [-0.39, 0.29) is 12.4 Å². The molecular weight excluding hydrogens is 256 g/mol. The van der Waals surface area contributed by atoms with E-state index < -0.39 is 0 Å². The van der Waals surface area contributed by atoms with Crippen LogP contribution in [0.5, 0.6) is 0 Å². The first kappa shape index (κ1) is 14.8. The van der Waals surface area contributed by atoms with Crippen molar-refractivity contribution >= 4 is 12.4 Å². The van der Waals surface area contributed by atoms with Crippen LogP contribution < -0.4 is 5.73 Å². The SMILES string of the molecule is Cl.NCC1CCCCN1Cc1cccc(C2CC2)c1. The van der Waals surface area contributed by atoms with Crippen molar-refractivity contribution in [3.63, 3.8) is 0 Å². The maximum atomic E-state index is 5.89. The highest BCUT2D eigenvalue weighted by Crippen LogP contribution is 2.40. The largest absolute Gasteiger partial charge is 0.329 e. The molecule has 1 saturated carbocycles. The van der Waals surface area contributed by atoms with Crippen molar-refractivity contribution < 1.29 is 0 Å². The molecule has 0 spiro atoms. The lowest BCUT2D eigenvalue weighted by Gasteiger charge is -2.35. The van der Waals surface area contributed by atoms with Gasteiger partial charge in [0.25, 0.3) is 0 Å². The van der Waals surface area contributed by atoms with Gasteiger partial charge in [-0.25, -0.2) is 0 Å². The lowest BCUT2D eigenvalue weighted by atomic mass is 10.0. The topological polar surface area (TPSA) is 29.3 Å². The fourth-order valence-electron chi connectivity index (χ4n) is 3.13. The second-order valence-electron chi connectivity index (χ2n) is 5.88. The van der Waals surface area contributed by atoms with Crippen molar-refractivity contribution in [3.8, 4) is 0 Å². The first-order valence-electron chi connectivity index (χ1n) is 7.40. The van der Waals surface area contributed by atoms with E-state index in [1.807, 2.05) is 0 Å². The normalized spacial score (nSPS) is 23.9. The highest BCUT2D eigenvalue weighted by molar-refractivity contribution is 5.85. The molecule has 1 aliphatic carbocycles. The van der Waals surface area contributed by atoms with Crippen LogP contribution in [0.4, 0.5) is 0 Å². The smallest absolute Gasteiger partial charge is 0.0237 e. The van der Waals surface area contributed by atoms with Gasteiger partial charge >= 0.3 is 0 Å². The Kier molecular flexibility index (Phi) is 5.26. The summed E-state index contributed by atoms with van der Waals surface area (Å²) in [6.45, 7) is 3.11. The number of rotatable bonds is 4. The average molecular weight is 281 g/mol.